The summed E-state index contributed by atoms with van der Waals surface area (Å²) in [5, 5.41) is 12.6. The number of aromatic amines is 1. The van der Waals surface area contributed by atoms with E-state index < -0.39 is 0 Å². The number of piperidine rings is 1. The van der Waals surface area contributed by atoms with Crippen molar-refractivity contribution < 1.29 is 14.5 Å². The summed E-state index contributed by atoms with van der Waals surface area (Å²) in [6.07, 6.45) is 2.28. The zero-order chi connectivity index (χ0) is 24.9. The summed E-state index contributed by atoms with van der Waals surface area (Å²) < 4.78 is 5.55. The van der Waals surface area contributed by atoms with E-state index in [-0.39, 0.29) is 27.9 Å². The molecule has 0 spiro atoms. The first-order valence-corrected chi connectivity index (χ1v) is 12.3. The number of aromatic nitrogens is 1. The zero-order valence-corrected chi connectivity index (χ0v) is 20.1. The normalized spacial score (nSPS) is 21.0. The third-order valence-corrected chi connectivity index (χ3v) is 8.15. The van der Waals surface area contributed by atoms with Gasteiger partial charge in [0.2, 0.25) is 0 Å². The molecule has 2 atom stereocenters. The number of nitrogens with one attached hydrogen (secondary N) is 1. The van der Waals surface area contributed by atoms with Gasteiger partial charge in [0.05, 0.1) is 12.0 Å². The van der Waals surface area contributed by atoms with Crippen molar-refractivity contribution in [3.63, 3.8) is 0 Å². The Labute approximate surface area is 208 Å². The van der Waals surface area contributed by atoms with Crippen LogP contribution in [0, 0.1) is 16.0 Å². The minimum atomic E-state index is -0.324. The number of nitro benzene ring substituents is 1. The van der Waals surface area contributed by atoms with Gasteiger partial charge in [-0.25, -0.2) is 0 Å². The highest BCUT2D eigenvalue weighted by Crippen LogP contribution is 2.50. The van der Waals surface area contributed by atoms with Crippen LogP contribution in [-0.4, -0.2) is 40.9 Å². The number of non-ortho nitro benzene ring substituents is 1. The molecule has 0 bridgehead atoms. The molecule has 0 radical (unpaired) electrons. The van der Waals surface area contributed by atoms with E-state index >= 15 is 0 Å². The van der Waals surface area contributed by atoms with E-state index in [1.54, 1.807) is 19.2 Å². The Morgan fingerprint density at radius 1 is 1.11 bits per heavy atom. The van der Waals surface area contributed by atoms with E-state index in [1.807, 2.05) is 53.4 Å². The Hall–Kier alpha value is -4.13. The largest absolute Gasteiger partial charge is 0.497 e. The summed E-state index contributed by atoms with van der Waals surface area (Å²) in [4.78, 5) is 30.2. The van der Waals surface area contributed by atoms with Crippen LogP contribution in [0.3, 0.4) is 0 Å². The zero-order valence-electron chi connectivity index (χ0n) is 20.1. The molecule has 2 heterocycles. The van der Waals surface area contributed by atoms with Gasteiger partial charge in [0.15, 0.2) is 0 Å². The summed E-state index contributed by atoms with van der Waals surface area (Å²) in [5.41, 5.74) is 4.56. The molecule has 36 heavy (non-hydrogen) atoms. The Bertz CT molecular complexity index is 1480. The van der Waals surface area contributed by atoms with Crippen LogP contribution in [0.5, 0.6) is 5.75 Å². The Morgan fingerprint density at radius 3 is 2.69 bits per heavy atom. The quantitative estimate of drug-likeness (QED) is 0.317. The minimum absolute atomic E-state index is 0.0511. The second kappa shape index (κ2) is 8.52. The van der Waals surface area contributed by atoms with E-state index in [1.165, 1.54) is 5.56 Å². The van der Waals surface area contributed by atoms with E-state index in [4.69, 9.17) is 4.74 Å². The number of ether oxygens (including phenoxy) is 1. The molecule has 3 aromatic carbocycles. The van der Waals surface area contributed by atoms with Gasteiger partial charge in [-0.05, 0) is 60.6 Å². The molecule has 1 N–H and O–H groups in total. The number of para-hydroxylation sites is 1. The van der Waals surface area contributed by atoms with Gasteiger partial charge in [0.25, 0.3) is 11.6 Å². The number of carbonyl (C=O) groups is 1. The van der Waals surface area contributed by atoms with Crippen molar-refractivity contribution >= 4 is 22.5 Å². The lowest BCUT2D eigenvalue weighted by atomic mass is 9.58. The lowest BCUT2D eigenvalue weighted by molar-refractivity contribution is -0.383. The number of H-pyrrole nitrogens is 1. The van der Waals surface area contributed by atoms with Crippen molar-refractivity contribution in [3.05, 3.63) is 105 Å². The average Bonchev–Trinajstić information content (AvgIpc) is 3.28. The maximum Gasteiger partial charge on any atom is 0.293 e. The Morgan fingerprint density at radius 2 is 1.92 bits per heavy atom. The van der Waals surface area contributed by atoms with Gasteiger partial charge in [-0.15, -0.1) is 0 Å². The summed E-state index contributed by atoms with van der Waals surface area (Å²) >= 11 is 0. The predicted molar refractivity (Wildman–Crippen MR) is 137 cm³/mol. The van der Waals surface area contributed by atoms with E-state index in [9.17, 15) is 14.9 Å². The number of amides is 1. The molecule has 2 unspecified atom stereocenters. The topological polar surface area (TPSA) is 88.5 Å². The van der Waals surface area contributed by atoms with Gasteiger partial charge in [-0.2, -0.15) is 0 Å². The van der Waals surface area contributed by atoms with Crippen LogP contribution in [0.4, 0.5) is 5.69 Å². The molecule has 1 aliphatic heterocycles. The summed E-state index contributed by atoms with van der Waals surface area (Å²) in [6, 6.07) is 22.9. The molecule has 1 saturated heterocycles. The number of fused-ring (bicyclic) bond motifs is 4. The Kier molecular flexibility index (Phi) is 5.29. The van der Waals surface area contributed by atoms with Crippen LogP contribution in [0.15, 0.2) is 72.8 Å². The maximum absolute atomic E-state index is 13.4. The number of benzene rings is 3. The van der Waals surface area contributed by atoms with Crippen LogP contribution in [0.2, 0.25) is 0 Å². The third-order valence-electron chi connectivity index (χ3n) is 8.15. The molecule has 1 aromatic heterocycles. The second-order valence-electron chi connectivity index (χ2n) is 9.87. The molecule has 1 amide bonds. The first-order valence-electron chi connectivity index (χ1n) is 12.3. The summed E-state index contributed by atoms with van der Waals surface area (Å²) in [5.74, 6) is 1.02. The fourth-order valence-corrected chi connectivity index (χ4v) is 6.34. The molecule has 4 aromatic rings. The highest BCUT2D eigenvalue weighted by molar-refractivity contribution is 5.94. The van der Waals surface area contributed by atoms with E-state index in [2.05, 4.69) is 17.1 Å². The van der Waals surface area contributed by atoms with Crippen LogP contribution in [0.1, 0.15) is 33.6 Å². The van der Waals surface area contributed by atoms with E-state index in [0.717, 1.165) is 41.7 Å². The van der Waals surface area contributed by atoms with Crippen molar-refractivity contribution in [2.75, 3.05) is 20.2 Å². The van der Waals surface area contributed by atoms with Crippen molar-refractivity contribution in [1.29, 1.82) is 0 Å². The average molecular weight is 482 g/mol. The standard InChI is InChI=1S/C29H27N3O4/c1-36-22-10-5-9-20(15-22)29-13-14-31(28(33)19-7-3-2-4-8-19)18-21(29)16-24-23-11-6-12-26(32(34)35)27(23)30-25(24)17-29/h2-12,15,21,30H,13-14,16-18H2,1H3. The smallest absolute Gasteiger partial charge is 0.293 e. The molecule has 2 aliphatic rings. The molecule has 1 aliphatic carbocycles. The van der Waals surface area contributed by atoms with Crippen molar-refractivity contribution in [3.8, 4) is 5.75 Å². The molecule has 1 fully saturated rings. The summed E-state index contributed by atoms with van der Waals surface area (Å²) in [6.45, 7) is 1.28. The van der Waals surface area contributed by atoms with Crippen LogP contribution < -0.4 is 4.74 Å². The first kappa shape index (κ1) is 22.3. The number of methoxy groups -OCH3 is 1. The molecule has 0 saturated carbocycles. The Balaban J connectivity index is 1.45. The van der Waals surface area contributed by atoms with Gasteiger partial charge in [0, 0.05) is 41.2 Å². The lowest BCUT2D eigenvalue weighted by Gasteiger charge is -2.51. The number of hydrogen-bond donors (Lipinski definition) is 1. The van der Waals surface area contributed by atoms with Gasteiger partial charge >= 0.3 is 0 Å². The first-order chi connectivity index (χ1) is 17.5. The fraction of sp³-hybridized carbons (Fsp3) is 0.276. The lowest BCUT2D eigenvalue weighted by Crippen LogP contribution is -2.55. The SMILES string of the molecule is COc1cccc(C23CCN(C(=O)c4ccccc4)CC2Cc2c([nH]c4c([N+](=O)[O-])cccc24)C3)c1. The van der Waals surface area contributed by atoms with Gasteiger partial charge in [0.1, 0.15) is 11.3 Å². The number of nitro groups is 1. The highest BCUT2D eigenvalue weighted by Gasteiger charge is 2.49. The monoisotopic (exact) mass is 481 g/mol. The van der Waals surface area contributed by atoms with Crippen LogP contribution >= 0.6 is 0 Å². The van der Waals surface area contributed by atoms with Gasteiger partial charge in [-0.3, -0.25) is 14.9 Å². The van der Waals surface area contributed by atoms with Crippen LogP contribution in [0.25, 0.3) is 10.9 Å². The second-order valence-corrected chi connectivity index (χ2v) is 9.87. The molecule has 7 nitrogen and oxygen atoms in total. The molecule has 182 valence electrons. The molecule has 7 heteroatoms. The predicted octanol–water partition coefficient (Wildman–Crippen LogP) is 5.28. The highest BCUT2D eigenvalue weighted by atomic mass is 16.6. The summed E-state index contributed by atoms with van der Waals surface area (Å²) in [7, 11) is 1.67. The number of rotatable bonds is 4. The fourth-order valence-electron chi connectivity index (χ4n) is 6.34. The minimum Gasteiger partial charge on any atom is -0.497 e. The van der Waals surface area contributed by atoms with Crippen molar-refractivity contribution in [2.24, 2.45) is 5.92 Å². The number of likely N-dealkylation sites (tertiary alicyclic amines) is 1. The van der Waals surface area contributed by atoms with E-state index in [0.29, 0.717) is 24.2 Å². The van der Waals surface area contributed by atoms with Gasteiger partial charge < -0.3 is 14.6 Å². The maximum atomic E-state index is 13.4. The molecular weight excluding hydrogens is 454 g/mol. The number of carbonyl (C=O) groups excluding carboxylic acids is 1. The number of hydrogen-bond acceptors (Lipinski definition) is 4. The molecular formula is C29H27N3O4. The van der Waals surface area contributed by atoms with Crippen molar-refractivity contribution in [2.45, 2.75) is 24.7 Å². The van der Waals surface area contributed by atoms with Crippen molar-refractivity contribution in [1.82, 2.24) is 9.88 Å². The number of nitrogens with zero attached hydrogens (tertiary/aromatic N) is 2. The van der Waals surface area contributed by atoms with Crippen LogP contribution in [-0.2, 0) is 18.3 Å². The van der Waals surface area contributed by atoms with Gasteiger partial charge in [-0.1, -0.05) is 42.5 Å². The third kappa shape index (κ3) is 3.46. The molecule has 6 rings (SSSR count).